The van der Waals surface area contributed by atoms with Gasteiger partial charge in [-0.2, -0.15) is 13.2 Å². The lowest BCUT2D eigenvalue weighted by atomic mass is 10.1. The maximum atomic E-state index is 12.7. The summed E-state index contributed by atoms with van der Waals surface area (Å²) in [5, 5.41) is 3.13. The average molecular weight is 370 g/mol. The van der Waals surface area contributed by atoms with Crippen LogP contribution in [0.1, 0.15) is 21.5 Å². The van der Waals surface area contributed by atoms with E-state index in [2.05, 4.69) is 22.1 Å². The second-order valence-corrected chi connectivity index (χ2v) is 5.66. The molecule has 0 radical (unpaired) electrons. The lowest BCUT2D eigenvalue weighted by molar-refractivity contribution is -0.137. The lowest BCUT2D eigenvalue weighted by Gasteiger charge is -2.06. The maximum absolute atomic E-state index is 12.7. The Morgan fingerprint density at radius 3 is 2.63 bits per heavy atom. The van der Waals surface area contributed by atoms with Gasteiger partial charge < -0.3 is 10.3 Å². The average Bonchev–Trinajstić information content (AvgIpc) is 2.64. The molecule has 0 aliphatic carbocycles. The summed E-state index contributed by atoms with van der Waals surface area (Å²) in [6.07, 6.45) is -4.44. The second kappa shape index (κ2) is 7.38. The quantitative estimate of drug-likeness (QED) is 0.680. The van der Waals surface area contributed by atoms with Crippen LogP contribution in [0.2, 0.25) is 0 Å². The van der Waals surface area contributed by atoms with Crippen molar-refractivity contribution in [2.24, 2.45) is 0 Å². The van der Waals surface area contributed by atoms with E-state index in [0.717, 1.165) is 12.1 Å². The number of halogens is 3. The fraction of sp³-hybridized carbons (Fsp3) is 0.100. The summed E-state index contributed by atoms with van der Waals surface area (Å²) in [4.78, 5) is 26.6. The second-order valence-electron chi connectivity index (χ2n) is 5.66. The standard InChI is InChI=1S/C20H13F3N2O2/c21-20(22,23)14-7-3-5-13(11-14)6-4-10-24-19(27)16-12-18(26)25-17-9-2-1-8-15(16)17/h1-3,5,7-9,11-12H,10H2,(H,24,27)(H,25,26). The Morgan fingerprint density at radius 1 is 1.07 bits per heavy atom. The third kappa shape index (κ3) is 4.36. The van der Waals surface area contributed by atoms with Gasteiger partial charge in [0.25, 0.3) is 5.91 Å². The molecule has 27 heavy (non-hydrogen) atoms. The predicted molar refractivity (Wildman–Crippen MR) is 95.2 cm³/mol. The first-order valence-corrected chi connectivity index (χ1v) is 7.91. The minimum atomic E-state index is -4.44. The van der Waals surface area contributed by atoms with Crippen LogP contribution in [0.5, 0.6) is 0 Å². The van der Waals surface area contributed by atoms with Crippen LogP contribution < -0.4 is 10.9 Å². The Balaban J connectivity index is 1.74. The molecule has 2 aromatic carbocycles. The van der Waals surface area contributed by atoms with Crippen LogP contribution in [0.15, 0.2) is 59.4 Å². The minimum Gasteiger partial charge on any atom is -0.341 e. The Morgan fingerprint density at radius 2 is 1.85 bits per heavy atom. The van der Waals surface area contributed by atoms with Gasteiger partial charge in [-0.1, -0.05) is 36.1 Å². The number of aromatic amines is 1. The number of alkyl halides is 3. The Kier molecular flexibility index (Phi) is 4.99. The molecule has 0 spiro atoms. The van der Waals surface area contributed by atoms with Gasteiger partial charge in [0, 0.05) is 22.5 Å². The molecule has 1 aromatic heterocycles. The molecule has 0 unspecified atom stereocenters. The molecule has 0 atom stereocenters. The van der Waals surface area contributed by atoms with Crippen LogP contribution in [0, 0.1) is 11.8 Å². The normalized spacial score (nSPS) is 10.9. The molecular weight excluding hydrogens is 357 g/mol. The summed E-state index contributed by atoms with van der Waals surface area (Å²) in [6, 6.07) is 12.7. The van der Waals surface area contributed by atoms with E-state index >= 15 is 0 Å². The van der Waals surface area contributed by atoms with Gasteiger partial charge in [-0.3, -0.25) is 9.59 Å². The number of hydrogen-bond donors (Lipinski definition) is 2. The topological polar surface area (TPSA) is 62.0 Å². The number of benzene rings is 2. The Bertz CT molecular complexity index is 1120. The zero-order chi connectivity index (χ0) is 19.4. The highest BCUT2D eigenvalue weighted by molar-refractivity contribution is 6.06. The van der Waals surface area contributed by atoms with Crippen molar-refractivity contribution < 1.29 is 18.0 Å². The molecular formula is C20H13F3N2O2. The van der Waals surface area contributed by atoms with Crippen LogP contribution in [0.25, 0.3) is 10.9 Å². The number of para-hydroxylation sites is 1. The largest absolute Gasteiger partial charge is 0.416 e. The van der Waals surface area contributed by atoms with Crippen molar-refractivity contribution >= 4 is 16.8 Å². The molecule has 0 bridgehead atoms. The van der Waals surface area contributed by atoms with Gasteiger partial charge in [-0.15, -0.1) is 0 Å². The van der Waals surface area contributed by atoms with Crippen molar-refractivity contribution in [3.8, 4) is 11.8 Å². The number of nitrogens with one attached hydrogen (secondary N) is 2. The van der Waals surface area contributed by atoms with Gasteiger partial charge in [-0.25, -0.2) is 0 Å². The van der Waals surface area contributed by atoms with Crippen molar-refractivity contribution in [3.05, 3.63) is 81.6 Å². The van der Waals surface area contributed by atoms with Crippen molar-refractivity contribution in [1.82, 2.24) is 10.3 Å². The van der Waals surface area contributed by atoms with Gasteiger partial charge in [0.15, 0.2) is 0 Å². The Labute approximate surface area is 152 Å². The van der Waals surface area contributed by atoms with Crippen molar-refractivity contribution in [3.63, 3.8) is 0 Å². The van der Waals surface area contributed by atoms with Crippen LogP contribution in [-0.4, -0.2) is 17.4 Å². The molecule has 136 valence electrons. The molecule has 1 heterocycles. The molecule has 2 N–H and O–H groups in total. The first-order chi connectivity index (χ1) is 12.8. The van der Waals surface area contributed by atoms with E-state index in [9.17, 15) is 22.8 Å². The van der Waals surface area contributed by atoms with E-state index in [4.69, 9.17) is 0 Å². The number of fused-ring (bicyclic) bond motifs is 1. The SMILES string of the molecule is O=C(NCC#Cc1cccc(C(F)(F)F)c1)c1cc(=O)[nH]c2ccccc12. The van der Waals surface area contributed by atoms with E-state index in [1.807, 2.05) is 0 Å². The number of carbonyl (C=O) groups excluding carboxylic acids is 1. The fourth-order valence-corrected chi connectivity index (χ4v) is 2.53. The van der Waals surface area contributed by atoms with Crippen molar-refractivity contribution in [2.75, 3.05) is 6.54 Å². The number of hydrogen-bond acceptors (Lipinski definition) is 2. The lowest BCUT2D eigenvalue weighted by Crippen LogP contribution is -2.25. The monoisotopic (exact) mass is 370 g/mol. The van der Waals surface area contributed by atoms with E-state index in [-0.39, 0.29) is 17.7 Å². The molecule has 3 rings (SSSR count). The van der Waals surface area contributed by atoms with Gasteiger partial charge in [-0.05, 0) is 24.3 Å². The number of amides is 1. The summed E-state index contributed by atoms with van der Waals surface area (Å²) in [7, 11) is 0. The summed E-state index contributed by atoms with van der Waals surface area (Å²) >= 11 is 0. The number of rotatable bonds is 2. The molecule has 0 aliphatic heterocycles. The molecule has 7 heteroatoms. The van der Waals surface area contributed by atoms with Gasteiger partial charge in [0.1, 0.15) is 0 Å². The van der Waals surface area contributed by atoms with E-state index in [0.29, 0.717) is 10.9 Å². The molecule has 0 saturated carbocycles. The number of pyridine rings is 1. The molecule has 0 fully saturated rings. The van der Waals surface area contributed by atoms with Crippen molar-refractivity contribution in [2.45, 2.75) is 6.18 Å². The summed E-state index contributed by atoms with van der Waals surface area (Å²) in [5.74, 6) is 4.70. The van der Waals surface area contributed by atoms with Crippen molar-refractivity contribution in [1.29, 1.82) is 0 Å². The van der Waals surface area contributed by atoms with E-state index < -0.39 is 23.2 Å². The molecule has 1 amide bonds. The number of aromatic nitrogens is 1. The highest BCUT2D eigenvalue weighted by Gasteiger charge is 2.30. The summed E-state index contributed by atoms with van der Waals surface area (Å²) in [5.41, 5.74) is -0.261. The first kappa shape index (κ1) is 18.3. The van der Waals surface area contributed by atoms with Crippen LogP contribution in [0.3, 0.4) is 0 Å². The maximum Gasteiger partial charge on any atom is 0.416 e. The summed E-state index contributed by atoms with van der Waals surface area (Å²) in [6.45, 7) is -0.0732. The van der Waals surface area contributed by atoms with Gasteiger partial charge in [0.05, 0.1) is 17.7 Å². The zero-order valence-electron chi connectivity index (χ0n) is 13.9. The smallest absolute Gasteiger partial charge is 0.341 e. The van der Waals surface area contributed by atoms with E-state index in [1.165, 1.54) is 18.2 Å². The predicted octanol–water partition coefficient (Wildman–Crippen LogP) is 3.33. The van der Waals surface area contributed by atoms with Gasteiger partial charge in [0.2, 0.25) is 5.56 Å². The molecule has 3 aromatic rings. The minimum absolute atomic E-state index is 0.0732. The number of H-pyrrole nitrogens is 1. The molecule has 0 aliphatic rings. The van der Waals surface area contributed by atoms with Crippen LogP contribution in [0.4, 0.5) is 13.2 Å². The zero-order valence-corrected chi connectivity index (χ0v) is 13.9. The van der Waals surface area contributed by atoms with Crippen LogP contribution in [-0.2, 0) is 6.18 Å². The van der Waals surface area contributed by atoms with Crippen LogP contribution >= 0.6 is 0 Å². The first-order valence-electron chi connectivity index (χ1n) is 7.91. The number of carbonyl (C=O) groups is 1. The highest BCUT2D eigenvalue weighted by Crippen LogP contribution is 2.29. The third-order valence-electron chi connectivity index (χ3n) is 3.76. The molecule has 4 nitrogen and oxygen atoms in total. The highest BCUT2D eigenvalue weighted by atomic mass is 19.4. The van der Waals surface area contributed by atoms with Gasteiger partial charge >= 0.3 is 6.18 Å². The third-order valence-corrected chi connectivity index (χ3v) is 3.76. The Hall–Kier alpha value is -3.53. The molecule has 0 saturated heterocycles. The summed E-state index contributed by atoms with van der Waals surface area (Å²) < 4.78 is 38.0. The van der Waals surface area contributed by atoms with E-state index in [1.54, 1.807) is 24.3 Å². The fourth-order valence-electron chi connectivity index (χ4n) is 2.53.